The molecule has 2 saturated heterocycles. The Kier molecular flexibility index (Phi) is 24.1. The maximum absolute atomic E-state index is 13.1. The van der Waals surface area contributed by atoms with Crippen LogP contribution in [-0.4, -0.2) is 116 Å². The van der Waals surface area contributed by atoms with E-state index in [1.54, 1.807) is 11.8 Å². The van der Waals surface area contributed by atoms with Gasteiger partial charge in [-0.15, -0.1) is 0 Å². The Balaban J connectivity index is 0.000000341. The Morgan fingerprint density at radius 3 is 1.78 bits per heavy atom. The Morgan fingerprint density at radius 1 is 0.806 bits per heavy atom. The van der Waals surface area contributed by atoms with Gasteiger partial charge in [0.15, 0.2) is 0 Å². The molecular formula is C58H88N6O8. The molecule has 0 bridgehead atoms. The van der Waals surface area contributed by atoms with Crippen molar-refractivity contribution >= 4 is 48.3 Å². The molecule has 0 saturated carbocycles. The smallest absolute Gasteiger partial charge is 0.407 e. The lowest BCUT2D eigenvalue weighted by molar-refractivity contribution is -0.137. The van der Waals surface area contributed by atoms with Crippen LogP contribution in [-0.2, 0) is 52.4 Å². The lowest BCUT2D eigenvalue weighted by atomic mass is 9.73. The second kappa shape index (κ2) is 28.6. The summed E-state index contributed by atoms with van der Waals surface area (Å²) in [5.41, 5.74) is 13.8. The molecule has 0 aromatic heterocycles. The van der Waals surface area contributed by atoms with Crippen LogP contribution in [0.3, 0.4) is 0 Å². The number of nitrogens with zero attached hydrogens (tertiary/aromatic N) is 2. The number of benzene rings is 3. The van der Waals surface area contributed by atoms with Crippen molar-refractivity contribution in [3.8, 4) is 22.3 Å². The number of carbonyl (C=O) groups is 6. The summed E-state index contributed by atoms with van der Waals surface area (Å²) in [6.07, 6.45) is 9.33. The van der Waals surface area contributed by atoms with Crippen LogP contribution in [0.15, 0.2) is 48.5 Å². The molecule has 3 amide bonds. The van der Waals surface area contributed by atoms with Crippen molar-refractivity contribution in [2.75, 3.05) is 51.0 Å². The maximum atomic E-state index is 13.1. The first-order chi connectivity index (χ1) is 34.2. The van der Waals surface area contributed by atoms with Gasteiger partial charge in [-0.25, -0.2) is 4.79 Å². The summed E-state index contributed by atoms with van der Waals surface area (Å²) in [4.78, 5) is 69.7. The SMILES string of the molecule is CC.CCNC(C(=O)N1CCCC1C=O)C(C)C.CCOC(=O)NC(C=O)C(C)C.CNc1cccc(-c2c3c(c(-c4cccc(NC(=O)C5CCCN5C)c4)c4c2C(C)(C)CC4)C(C)(C)CC3)c1.O=CO. The van der Waals surface area contributed by atoms with Crippen LogP contribution in [0.2, 0.25) is 0 Å². The number of alkyl carbamates (subject to hydrolysis) is 1. The molecule has 4 atom stereocenters. The molecule has 2 aliphatic heterocycles. The first-order valence-corrected chi connectivity index (χ1v) is 26.3. The third-order valence-electron chi connectivity index (χ3n) is 14.3. The van der Waals surface area contributed by atoms with Crippen LogP contribution < -0.4 is 21.3 Å². The Morgan fingerprint density at radius 2 is 1.33 bits per heavy atom. The van der Waals surface area contributed by atoms with Crippen LogP contribution in [0.25, 0.3) is 22.3 Å². The van der Waals surface area contributed by atoms with Crippen LogP contribution in [0.5, 0.6) is 0 Å². The lowest BCUT2D eigenvalue weighted by Crippen LogP contribution is -2.51. The van der Waals surface area contributed by atoms with E-state index in [4.69, 9.17) is 9.90 Å². The van der Waals surface area contributed by atoms with Gasteiger partial charge in [0.1, 0.15) is 12.6 Å². The molecule has 72 heavy (non-hydrogen) atoms. The zero-order chi connectivity index (χ0) is 53.9. The maximum Gasteiger partial charge on any atom is 0.407 e. The zero-order valence-corrected chi connectivity index (χ0v) is 46.0. The molecule has 0 radical (unpaired) electrons. The van der Waals surface area contributed by atoms with Gasteiger partial charge in [-0.1, -0.05) is 100 Å². The molecule has 3 aromatic rings. The molecule has 4 aliphatic rings. The summed E-state index contributed by atoms with van der Waals surface area (Å²) in [6, 6.07) is 16.8. The van der Waals surface area contributed by atoms with E-state index in [9.17, 15) is 24.0 Å². The fraction of sp³-hybridized carbons (Fsp3) is 0.586. The van der Waals surface area contributed by atoms with Crippen molar-refractivity contribution in [1.82, 2.24) is 20.4 Å². The van der Waals surface area contributed by atoms with E-state index in [-0.39, 0.29) is 59.1 Å². The number of carbonyl (C=O) groups excluding carboxylic acids is 5. The van der Waals surface area contributed by atoms with Crippen molar-refractivity contribution < 1.29 is 38.6 Å². The molecule has 2 fully saturated rings. The minimum absolute atomic E-state index is 0.0328. The van der Waals surface area contributed by atoms with Crippen molar-refractivity contribution in [3.63, 3.8) is 0 Å². The monoisotopic (exact) mass is 997 g/mol. The Bertz CT molecular complexity index is 2270. The number of anilines is 2. The van der Waals surface area contributed by atoms with Gasteiger partial charge in [0.2, 0.25) is 11.8 Å². The van der Waals surface area contributed by atoms with Crippen LogP contribution in [0, 0.1) is 11.8 Å². The zero-order valence-electron chi connectivity index (χ0n) is 46.0. The predicted molar refractivity (Wildman–Crippen MR) is 292 cm³/mol. The van der Waals surface area contributed by atoms with Crippen molar-refractivity contribution in [1.29, 1.82) is 0 Å². The fourth-order valence-corrected chi connectivity index (χ4v) is 10.5. The number of ether oxygens (including phenoxy) is 1. The summed E-state index contributed by atoms with van der Waals surface area (Å²) in [6.45, 7) is 27.7. The number of likely N-dealkylation sites (tertiary alicyclic amines) is 2. The molecular weight excluding hydrogens is 909 g/mol. The van der Waals surface area contributed by atoms with Gasteiger partial charge >= 0.3 is 6.09 Å². The molecule has 5 N–H and O–H groups in total. The Hall–Kier alpha value is -5.60. The topological polar surface area (TPSA) is 186 Å². The van der Waals surface area contributed by atoms with E-state index >= 15 is 0 Å². The average molecular weight is 997 g/mol. The third kappa shape index (κ3) is 15.2. The number of hydrogen-bond acceptors (Lipinski definition) is 10. The Labute approximate surface area is 431 Å². The van der Waals surface area contributed by atoms with Gasteiger partial charge in [-0.05, 0) is 170 Å². The summed E-state index contributed by atoms with van der Waals surface area (Å²) in [7, 11) is 4.05. The van der Waals surface area contributed by atoms with Gasteiger partial charge in [0, 0.05) is 25.0 Å². The highest BCUT2D eigenvalue weighted by Crippen LogP contribution is 2.56. The summed E-state index contributed by atoms with van der Waals surface area (Å²) < 4.78 is 4.62. The second-order valence-electron chi connectivity index (χ2n) is 20.8. The highest BCUT2D eigenvalue weighted by atomic mass is 16.5. The molecule has 14 nitrogen and oxygen atoms in total. The fourth-order valence-electron chi connectivity index (χ4n) is 10.5. The van der Waals surface area contributed by atoms with Crippen LogP contribution >= 0.6 is 0 Å². The second-order valence-corrected chi connectivity index (χ2v) is 20.8. The largest absolute Gasteiger partial charge is 0.483 e. The number of rotatable bonds is 14. The molecule has 2 aliphatic carbocycles. The number of fused-ring (bicyclic) bond motifs is 2. The van der Waals surface area contributed by atoms with Gasteiger partial charge in [0.25, 0.3) is 6.47 Å². The van der Waals surface area contributed by atoms with Crippen LogP contribution in [0.4, 0.5) is 16.2 Å². The van der Waals surface area contributed by atoms with E-state index in [0.29, 0.717) is 12.9 Å². The number of carboxylic acid groups (broad SMARTS) is 1. The van der Waals surface area contributed by atoms with Crippen molar-refractivity contribution in [3.05, 3.63) is 70.8 Å². The normalized spacial score (nSPS) is 18.7. The van der Waals surface area contributed by atoms with Gasteiger partial charge in [-0.3, -0.25) is 19.3 Å². The summed E-state index contributed by atoms with van der Waals surface area (Å²) >= 11 is 0. The average Bonchev–Trinajstić information content (AvgIpc) is 4.16. The van der Waals surface area contributed by atoms with E-state index in [1.807, 2.05) is 61.6 Å². The van der Waals surface area contributed by atoms with Crippen molar-refractivity contribution in [2.24, 2.45) is 11.8 Å². The third-order valence-corrected chi connectivity index (χ3v) is 14.3. The van der Waals surface area contributed by atoms with Gasteiger partial charge in [0.05, 0.1) is 30.8 Å². The van der Waals surface area contributed by atoms with E-state index in [0.717, 1.165) is 88.7 Å². The van der Waals surface area contributed by atoms with Gasteiger partial charge in [-0.2, -0.15) is 0 Å². The number of nitrogens with one attached hydrogen (secondary N) is 4. The highest BCUT2D eigenvalue weighted by Gasteiger charge is 2.43. The lowest BCUT2D eigenvalue weighted by Gasteiger charge is -2.31. The number of aldehydes is 2. The number of hydrogen-bond donors (Lipinski definition) is 5. The quantitative estimate of drug-likeness (QED) is 0.0968. The highest BCUT2D eigenvalue weighted by molar-refractivity contribution is 5.96. The first-order valence-electron chi connectivity index (χ1n) is 26.3. The van der Waals surface area contributed by atoms with E-state index < -0.39 is 12.1 Å². The number of amides is 3. The molecule has 0 spiro atoms. The standard InChI is InChI=1S/C35H43N3O.C12H22N2O2.C8H15NO3.C2H6.CH2O2/c1-34(2)18-16-27-30(23-11-8-13-25(21-23)37-33(39)28-14-9-19-38(28)6)32-26(15-17-35(32,3)4)29(31(27)34)22-10-7-12-24(20-22)36-5;1-4-13-11(9(2)3)12(16)14-7-5-6-10(14)8-15;1-4-12-8(11)9-7(5-10)6(2)3;1-2;2-1-3/h7-8,10-13,20-21,28,36H,9,14-19H2,1-6H3,(H,37,39);8-11,13H,4-7H2,1-3H3;5-7H,4H2,1-3H3,(H,9,11);1-2H3;1H,(H,2,3). The summed E-state index contributed by atoms with van der Waals surface area (Å²) in [5, 5.41) is 19.1. The first kappa shape index (κ1) is 60.7. The van der Waals surface area contributed by atoms with Crippen LogP contribution in [0.1, 0.15) is 144 Å². The molecule has 4 unspecified atom stereocenters. The predicted octanol–water partition coefficient (Wildman–Crippen LogP) is 10.0. The van der Waals surface area contributed by atoms with Gasteiger partial charge < -0.3 is 45.6 Å². The van der Waals surface area contributed by atoms with E-state index in [2.05, 4.69) is 108 Å². The van der Waals surface area contributed by atoms with Crippen molar-refractivity contribution in [2.45, 2.75) is 169 Å². The minimum Gasteiger partial charge on any atom is -0.483 e. The molecule has 14 heteroatoms. The molecule has 2 heterocycles. The van der Waals surface area contributed by atoms with E-state index in [1.165, 1.54) is 44.5 Å². The molecule has 7 rings (SSSR count). The molecule has 398 valence electrons. The molecule has 3 aromatic carbocycles. The minimum atomic E-state index is -0.539. The summed E-state index contributed by atoms with van der Waals surface area (Å²) in [5.74, 6) is 0.530. The number of likely N-dealkylation sites (N-methyl/N-ethyl adjacent to an activating group) is 2.